The monoisotopic (exact) mass is 294 g/mol. The summed E-state index contributed by atoms with van der Waals surface area (Å²) in [4.78, 5) is 12.1. The van der Waals surface area contributed by atoms with Crippen LogP contribution in [0.3, 0.4) is 0 Å². The van der Waals surface area contributed by atoms with Crippen LogP contribution in [0.4, 0.5) is 5.69 Å². The molecule has 1 aliphatic carbocycles. The zero-order valence-electron chi connectivity index (χ0n) is 12.9. The fraction of sp³-hybridized carbons (Fsp3) is 0.316. The van der Waals surface area contributed by atoms with Crippen LogP contribution >= 0.6 is 0 Å². The van der Waals surface area contributed by atoms with Crippen molar-refractivity contribution in [2.24, 2.45) is 0 Å². The molecule has 0 spiro atoms. The first-order chi connectivity index (χ1) is 10.6. The van der Waals surface area contributed by atoms with Gasteiger partial charge in [0.1, 0.15) is 0 Å². The highest BCUT2D eigenvalue weighted by molar-refractivity contribution is 5.78. The van der Waals surface area contributed by atoms with Gasteiger partial charge in [-0.05, 0) is 48.6 Å². The van der Waals surface area contributed by atoms with Crippen LogP contribution in [0.2, 0.25) is 0 Å². The molecule has 0 aliphatic heterocycles. The highest BCUT2D eigenvalue weighted by atomic mass is 16.1. The third-order valence-electron chi connectivity index (χ3n) is 4.54. The maximum absolute atomic E-state index is 12.1. The van der Waals surface area contributed by atoms with Gasteiger partial charge in [-0.2, -0.15) is 0 Å². The highest BCUT2D eigenvalue weighted by Gasteiger charge is 2.44. The minimum absolute atomic E-state index is 0.0737. The van der Waals surface area contributed by atoms with Crippen molar-refractivity contribution < 1.29 is 4.79 Å². The molecule has 0 saturated heterocycles. The predicted molar refractivity (Wildman–Crippen MR) is 89.7 cm³/mol. The Kier molecular flexibility index (Phi) is 3.88. The molecule has 0 aromatic heterocycles. The van der Waals surface area contributed by atoms with Gasteiger partial charge in [0, 0.05) is 17.6 Å². The number of carbonyl (C=O) groups excluding carboxylic acids is 1. The summed E-state index contributed by atoms with van der Waals surface area (Å²) in [6.07, 6.45) is 2.71. The smallest absolute Gasteiger partial charge is 0.224 e. The first-order valence-electron chi connectivity index (χ1n) is 7.76. The number of hydrogen-bond donors (Lipinski definition) is 2. The van der Waals surface area contributed by atoms with E-state index in [2.05, 4.69) is 36.5 Å². The molecule has 3 heteroatoms. The summed E-state index contributed by atoms with van der Waals surface area (Å²) in [5.41, 5.74) is 10.2. The average Bonchev–Trinajstić information content (AvgIpc) is 3.29. The number of anilines is 1. The zero-order chi connectivity index (χ0) is 15.6. The van der Waals surface area contributed by atoms with Crippen molar-refractivity contribution >= 4 is 11.6 Å². The van der Waals surface area contributed by atoms with E-state index >= 15 is 0 Å². The molecular formula is C19H22N2O. The molecule has 2 aromatic rings. The zero-order valence-corrected chi connectivity index (χ0v) is 12.9. The van der Waals surface area contributed by atoms with Gasteiger partial charge in [-0.25, -0.2) is 0 Å². The van der Waals surface area contributed by atoms with E-state index in [1.807, 2.05) is 24.3 Å². The lowest BCUT2D eigenvalue weighted by Crippen LogP contribution is -2.33. The second kappa shape index (κ2) is 5.84. The fourth-order valence-corrected chi connectivity index (χ4v) is 3.01. The van der Waals surface area contributed by atoms with Crippen molar-refractivity contribution in [1.29, 1.82) is 0 Å². The number of benzene rings is 2. The van der Waals surface area contributed by atoms with Gasteiger partial charge in [0.15, 0.2) is 0 Å². The van der Waals surface area contributed by atoms with E-state index in [9.17, 15) is 4.79 Å². The van der Waals surface area contributed by atoms with Gasteiger partial charge in [-0.1, -0.05) is 36.4 Å². The molecule has 0 radical (unpaired) electrons. The lowest BCUT2D eigenvalue weighted by Gasteiger charge is -2.19. The van der Waals surface area contributed by atoms with E-state index in [-0.39, 0.29) is 11.3 Å². The first-order valence-corrected chi connectivity index (χ1v) is 7.76. The molecule has 1 amide bonds. The number of nitrogen functional groups attached to an aromatic ring is 1. The summed E-state index contributed by atoms with van der Waals surface area (Å²) in [5, 5.41) is 3.10. The van der Waals surface area contributed by atoms with Crippen LogP contribution in [0.1, 0.15) is 29.5 Å². The molecule has 3 rings (SSSR count). The number of hydrogen-bond acceptors (Lipinski definition) is 2. The fourth-order valence-electron chi connectivity index (χ4n) is 3.01. The Labute approximate surface area is 131 Å². The van der Waals surface area contributed by atoms with Crippen LogP contribution in [0, 0.1) is 6.92 Å². The van der Waals surface area contributed by atoms with Crippen LogP contribution in [0.5, 0.6) is 0 Å². The summed E-state index contributed by atoms with van der Waals surface area (Å²) in [7, 11) is 0. The average molecular weight is 294 g/mol. The molecule has 0 bridgehead atoms. The molecule has 3 nitrogen and oxygen atoms in total. The molecule has 0 heterocycles. The molecular weight excluding hydrogens is 272 g/mol. The summed E-state index contributed by atoms with van der Waals surface area (Å²) in [6, 6.07) is 16.0. The van der Waals surface area contributed by atoms with E-state index in [1.165, 1.54) is 11.1 Å². The van der Waals surface area contributed by atoms with E-state index < -0.39 is 0 Å². The topological polar surface area (TPSA) is 55.1 Å². The third-order valence-corrected chi connectivity index (χ3v) is 4.54. The molecule has 0 atom stereocenters. The van der Waals surface area contributed by atoms with Crippen LogP contribution < -0.4 is 11.1 Å². The summed E-state index contributed by atoms with van der Waals surface area (Å²) < 4.78 is 0. The summed E-state index contributed by atoms with van der Waals surface area (Å²) in [6.45, 7) is 2.87. The number of carbonyl (C=O) groups is 1. The van der Waals surface area contributed by atoms with Crippen LogP contribution in [0.25, 0.3) is 0 Å². The molecule has 2 aromatic carbocycles. The molecule has 3 N–H and O–H groups in total. The molecule has 1 saturated carbocycles. The Bertz CT molecular complexity index is 672. The molecule has 1 aliphatic rings. The quantitative estimate of drug-likeness (QED) is 0.833. The number of amides is 1. The van der Waals surface area contributed by atoms with Crippen molar-refractivity contribution in [3.63, 3.8) is 0 Å². The SMILES string of the molecule is Cc1ccccc1C1(CNC(=O)Cc2ccc(N)cc2)CC1. The van der Waals surface area contributed by atoms with Gasteiger partial charge >= 0.3 is 0 Å². The minimum atomic E-state index is 0.0737. The lowest BCUT2D eigenvalue weighted by molar-refractivity contribution is -0.120. The van der Waals surface area contributed by atoms with E-state index in [1.54, 1.807) is 0 Å². The van der Waals surface area contributed by atoms with Gasteiger partial charge in [-0.15, -0.1) is 0 Å². The van der Waals surface area contributed by atoms with Crippen molar-refractivity contribution in [3.8, 4) is 0 Å². The second-order valence-electron chi connectivity index (χ2n) is 6.29. The summed E-state index contributed by atoms with van der Waals surface area (Å²) >= 11 is 0. The Morgan fingerprint density at radius 2 is 1.82 bits per heavy atom. The normalized spacial score (nSPS) is 15.3. The maximum atomic E-state index is 12.1. The molecule has 22 heavy (non-hydrogen) atoms. The number of aryl methyl sites for hydroxylation is 1. The maximum Gasteiger partial charge on any atom is 0.224 e. The van der Waals surface area contributed by atoms with E-state index in [0.717, 1.165) is 30.6 Å². The minimum Gasteiger partial charge on any atom is -0.399 e. The first kappa shape index (κ1) is 14.6. The molecule has 114 valence electrons. The standard InChI is InChI=1S/C19H22N2O/c1-14-4-2-3-5-17(14)19(10-11-19)13-21-18(22)12-15-6-8-16(20)9-7-15/h2-9H,10-13,20H2,1H3,(H,21,22). The van der Waals surface area contributed by atoms with Crippen molar-refractivity contribution in [3.05, 3.63) is 65.2 Å². The summed E-state index contributed by atoms with van der Waals surface area (Å²) in [5.74, 6) is 0.0737. The largest absolute Gasteiger partial charge is 0.399 e. The van der Waals surface area contributed by atoms with Crippen molar-refractivity contribution in [2.45, 2.75) is 31.6 Å². The molecule has 0 unspecified atom stereocenters. The molecule has 1 fully saturated rings. The van der Waals surface area contributed by atoms with Gasteiger partial charge in [0.25, 0.3) is 0 Å². The highest BCUT2D eigenvalue weighted by Crippen LogP contribution is 2.48. The van der Waals surface area contributed by atoms with E-state index in [4.69, 9.17) is 5.73 Å². The predicted octanol–water partition coefficient (Wildman–Crippen LogP) is 2.97. The van der Waals surface area contributed by atoms with Crippen LogP contribution in [0.15, 0.2) is 48.5 Å². The van der Waals surface area contributed by atoms with Gasteiger partial charge in [0.05, 0.1) is 6.42 Å². The van der Waals surface area contributed by atoms with Gasteiger partial charge in [-0.3, -0.25) is 4.79 Å². The lowest BCUT2D eigenvalue weighted by atomic mass is 9.92. The van der Waals surface area contributed by atoms with Crippen LogP contribution in [-0.2, 0) is 16.6 Å². The van der Waals surface area contributed by atoms with Crippen molar-refractivity contribution in [2.75, 3.05) is 12.3 Å². The Morgan fingerprint density at radius 3 is 2.45 bits per heavy atom. The van der Waals surface area contributed by atoms with E-state index in [0.29, 0.717) is 6.42 Å². The van der Waals surface area contributed by atoms with Gasteiger partial charge in [0.2, 0.25) is 5.91 Å². The Morgan fingerprint density at radius 1 is 1.14 bits per heavy atom. The Balaban J connectivity index is 1.59. The van der Waals surface area contributed by atoms with Crippen LogP contribution in [-0.4, -0.2) is 12.5 Å². The number of nitrogens with one attached hydrogen (secondary N) is 1. The Hall–Kier alpha value is -2.29. The van der Waals surface area contributed by atoms with Crippen molar-refractivity contribution in [1.82, 2.24) is 5.32 Å². The third kappa shape index (κ3) is 3.14. The number of rotatable bonds is 5. The second-order valence-corrected chi connectivity index (χ2v) is 6.29. The number of nitrogens with two attached hydrogens (primary N) is 1. The van der Waals surface area contributed by atoms with Gasteiger partial charge < -0.3 is 11.1 Å².